The highest BCUT2D eigenvalue weighted by molar-refractivity contribution is 5.53. The minimum absolute atomic E-state index is 0.256. The van der Waals surface area contributed by atoms with Crippen LogP contribution in [0.25, 0.3) is 11.4 Å². The molecule has 1 aliphatic heterocycles. The fraction of sp³-hybridized carbons (Fsp3) is 0.417. The van der Waals surface area contributed by atoms with Crippen LogP contribution in [-0.4, -0.2) is 27.6 Å². The number of nitrogens with zero attached hydrogens (tertiary/aromatic N) is 2. The van der Waals surface area contributed by atoms with Crippen LogP contribution in [-0.2, 0) is 0 Å². The first-order valence-electron chi connectivity index (χ1n) is 5.91. The molecule has 1 fully saturated rings. The lowest BCUT2D eigenvalue weighted by Gasteiger charge is -2.23. The van der Waals surface area contributed by atoms with Gasteiger partial charge in [0.05, 0.1) is 12.0 Å². The highest BCUT2D eigenvalue weighted by Crippen LogP contribution is 2.21. The van der Waals surface area contributed by atoms with E-state index in [9.17, 15) is 4.39 Å². The predicted molar refractivity (Wildman–Crippen MR) is 63.1 cm³/mol. The summed E-state index contributed by atoms with van der Waals surface area (Å²) in [6.07, 6.45) is 7.50. The van der Waals surface area contributed by atoms with E-state index in [-0.39, 0.29) is 5.82 Å². The summed E-state index contributed by atoms with van der Waals surface area (Å²) in [5.41, 5.74) is 1.52. The maximum absolute atomic E-state index is 12.9. The summed E-state index contributed by atoms with van der Waals surface area (Å²) in [5, 5.41) is 3.37. The van der Waals surface area contributed by atoms with Gasteiger partial charge in [-0.05, 0) is 19.4 Å². The third-order valence-electron chi connectivity index (χ3n) is 3.22. The molecule has 2 aromatic rings. The number of aromatic amines is 1. The van der Waals surface area contributed by atoms with Crippen molar-refractivity contribution in [3.63, 3.8) is 0 Å². The smallest absolute Gasteiger partial charge is 0.141 e. The molecule has 0 amide bonds. The molecule has 90 valence electrons. The van der Waals surface area contributed by atoms with Crippen LogP contribution < -0.4 is 5.32 Å². The Hall–Kier alpha value is -1.62. The van der Waals surface area contributed by atoms with Crippen molar-refractivity contribution >= 4 is 0 Å². The Morgan fingerprint density at radius 3 is 3.12 bits per heavy atom. The number of imidazole rings is 1. The van der Waals surface area contributed by atoms with E-state index in [1.807, 2.05) is 12.5 Å². The lowest BCUT2D eigenvalue weighted by Crippen LogP contribution is -2.31. The average Bonchev–Trinajstić information content (AvgIpc) is 2.98. The molecular formula is C12H15FN4. The van der Waals surface area contributed by atoms with Crippen LogP contribution in [0.4, 0.5) is 4.39 Å². The van der Waals surface area contributed by atoms with Gasteiger partial charge in [0.25, 0.3) is 0 Å². The number of rotatable bonds is 2. The van der Waals surface area contributed by atoms with Gasteiger partial charge in [0.1, 0.15) is 11.5 Å². The molecule has 0 bridgehead atoms. The second kappa shape index (κ2) is 4.33. The molecule has 3 heterocycles. The van der Waals surface area contributed by atoms with Crippen molar-refractivity contribution < 1.29 is 4.39 Å². The van der Waals surface area contributed by atoms with Crippen LogP contribution in [0.1, 0.15) is 18.9 Å². The first kappa shape index (κ1) is 10.5. The van der Waals surface area contributed by atoms with Crippen molar-refractivity contribution in [3.05, 3.63) is 30.6 Å². The van der Waals surface area contributed by atoms with E-state index in [0.29, 0.717) is 6.04 Å². The Labute approximate surface area is 98.9 Å². The molecule has 1 atom stereocenters. The van der Waals surface area contributed by atoms with E-state index in [1.165, 1.54) is 25.1 Å². The van der Waals surface area contributed by atoms with Crippen LogP contribution in [0.3, 0.4) is 0 Å². The minimum atomic E-state index is -0.256. The van der Waals surface area contributed by atoms with Gasteiger partial charge in [-0.1, -0.05) is 0 Å². The third kappa shape index (κ3) is 2.10. The van der Waals surface area contributed by atoms with Crippen molar-refractivity contribution in [1.29, 1.82) is 0 Å². The van der Waals surface area contributed by atoms with Crippen LogP contribution in [0.2, 0.25) is 0 Å². The van der Waals surface area contributed by atoms with Crippen LogP contribution in [0.5, 0.6) is 0 Å². The molecule has 5 heteroatoms. The molecule has 2 aromatic heterocycles. The zero-order valence-corrected chi connectivity index (χ0v) is 9.49. The number of hydrogen-bond donors (Lipinski definition) is 2. The van der Waals surface area contributed by atoms with Gasteiger partial charge >= 0.3 is 0 Å². The third-order valence-corrected chi connectivity index (χ3v) is 3.22. The van der Waals surface area contributed by atoms with Crippen LogP contribution in [0, 0.1) is 5.82 Å². The molecule has 1 aliphatic rings. The number of aromatic nitrogens is 3. The molecule has 2 N–H and O–H groups in total. The molecule has 1 saturated heterocycles. The zero-order valence-electron chi connectivity index (χ0n) is 9.49. The molecular weight excluding hydrogens is 219 g/mol. The molecule has 4 nitrogen and oxygen atoms in total. The van der Waals surface area contributed by atoms with Crippen molar-refractivity contribution in [3.8, 4) is 11.4 Å². The summed E-state index contributed by atoms with van der Waals surface area (Å²) in [6, 6.07) is 1.93. The largest absolute Gasteiger partial charge is 0.357 e. The Balaban J connectivity index is 1.82. The predicted octanol–water partition coefficient (Wildman–Crippen LogP) is 1.94. The maximum Gasteiger partial charge on any atom is 0.141 e. The zero-order chi connectivity index (χ0) is 11.7. The second-order valence-electron chi connectivity index (χ2n) is 4.44. The van der Waals surface area contributed by atoms with Crippen molar-refractivity contribution in [1.82, 2.24) is 19.9 Å². The number of H-pyrrole nitrogens is 1. The van der Waals surface area contributed by atoms with E-state index in [0.717, 1.165) is 24.5 Å². The molecule has 0 unspecified atom stereocenters. The Kier molecular flexibility index (Phi) is 2.68. The first-order chi connectivity index (χ1) is 8.33. The monoisotopic (exact) mass is 234 g/mol. The normalized spacial score (nSPS) is 20.6. The van der Waals surface area contributed by atoms with E-state index < -0.39 is 0 Å². The minimum Gasteiger partial charge on any atom is -0.357 e. The molecule has 0 radical (unpaired) electrons. The average molecular weight is 234 g/mol. The van der Waals surface area contributed by atoms with E-state index >= 15 is 0 Å². The Bertz CT molecular complexity index is 496. The van der Waals surface area contributed by atoms with Crippen molar-refractivity contribution in [2.45, 2.75) is 18.9 Å². The molecule has 0 aliphatic carbocycles. The molecule has 17 heavy (non-hydrogen) atoms. The highest BCUT2D eigenvalue weighted by Gasteiger charge is 2.15. The first-order valence-corrected chi connectivity index (χ1v) is 5.91. The van der Waals surface area contributed by atoms with Gasteiger partial charge in [-0.2, -0.15) is 0 Å². The summed E-state index contributed by atoms with van der Waals surface area (Å²) in [5.74, 6) is -0.256. The van der Waals surface area contributed by atoms with E-state index in [2.05, 4.69) is 19.9 Å². The Morgan fingerprint density at radius 2 is 2.41 bits per heavy atom. The van der Waals surface area contributed by atoms with Crippen molar-refractivity contribution in [2.24, 2.45) is 0 Å². The summed E-state index contributed by atoms with van der Waals surface area (Å²) in [4.78, 5) is 7.18. The summed E-state index contributed by atoms with van der Waals surface area (Å²) >= 11 is 0. The topological polar surface area (TPSA) is 45.6 Å². The van der Waals surface area contributed by atoms with Gasteiger partial charge in [0.2, 0.25) is 0 Å². The number of halogens is 1. The summed E-state index contributed by atoms with van der Waals surface area (Å²) in [7, 11) is 0. The summed E-state index contributed by atoms with van der Waals surface area (Å²) < 4.78 is 15.0. The quantitative estimate of drug-likeness (QED) is 0.834. The van der Waals surface area contributed by atoms with Crippen LogP contribution in [0.15, 0.2) is 24.8 Å². The lowest BCUT2D eigenvalue weighted by molar-refractivity contribution is 0.371. The van der Waals surface area contributed by atoms with Gasteiger partial charge < -0.3 is 14.9 Å². The van der Waals surface area contributed by atoms with E-state index in [1.54, 1.807) is 0 Å². The Morgan fingerprint density at radius 1 is 1.47 bits per heavy atom. The molecule has 0 saturated carbocycles. The maximum atomic E-state index is 12.9. The fourth-order valence-corrected chi connectivity index (χ4v) is 2.28. The molecule has 0 spiro atoms. The second-order valence-corrected chi connectivity index (χ2v) is 4.44. The number of piperidine rings is 1. The number of nitrogens with one attached hydrogen (secondary N) is 2. The van der Waals surface area contributed by atoms with Gasteiger partial charge in [0.15, 0.2) is 0 Å². The van der Waals surface area contributed by atoms with Gasteiger partial charge in [-0.15, -0.1) is 0 Å². The standard InChI is InChI=1S/C12H15FN4/c13-9-4-11(15-5-9)12-7-17(8-16-12)10-2-1-3-14-6-10/h4-5,7-8,10,14-15H,1-3,6H2/t10-/m0/s1. The molecule has 3 rings (SSSR count). The van der Waals surface area contributed by atoms with E-state index in [4.69, 9.17) is 0 Å². The summed E-state index contributed by atoms with van der Waals surface area (Å²) in [6.45, 7) is 2.08. The lowest BCUT2D eigenvalue weighted by atomic mass is 10.1. The fourth-order valence-electron chi connectivity index (χ4n) is 2.28. The molecule has 0 aromatic carbocycles. The van der Waals surface area contributed by atoms with Gasteiger partial charge in [-0.3, -0.25) is 0 Å². The highest BCUT2D eigenvalue weighted by atomic mass is 19.1. The van der Waals surface area contributed by atoms with Crippen LogP contribution >= 0.6 is 0 Å². The van der Waals surface area contributed by atoms with Crippen molar-refractivity contribution in [2.75, 3.05) is 13.1 Å². The number of hydrogen-bond acceptors (Lipinski definition) is 2. The van der Waals surface area contributed by atoms with Gasteiger partial charge in [0, 0.05) is 31.0 Å². The SMILES string of the molecule is Fc1c[nH]c(-c2cn([C@H]3CCCNC3)cn2)c1. The van der Waals surface area contributed by atoms with Gasteiger partial charge in [-0.25, -0.2) is 9.37 Å².